The Balaban J connectivity index is 1.97. The van der Waals surface area contributed by atoms with Gasteiger partial charge in [-0.05, 0) is 37.5 Å². The molecular weight excluding hydrogens is 356 g/mol. The average molecular weight is 377 g/mol. The summed E-state index contributed by atoms with van der Waals surface area (Å²) < 4.78 is 0. The zero-order valence-corrected chi connectivity index (χ0v) is 15.6. The highest BCUT2D eigenvalue weighted by molar-refractivity contribution is 6.30. The highest BCUT2D eigenvalue weighted by Gasteiger charge is 2.35. The van der Waals surface area contributed by atoms with Crippen LogP contribution < -0.4 is 16.1 Å². The van der Waals surface area contributed by atoms with E-state index in [-0.39, 0.29) is 23.4 Å². The number of aryl methyl sites for hydroxylation is 1. The molecule has 8 nitrogen and oxygen atoms in total. The number of hydrogen-bond acceptors (Lipinski definition) is 7. The molecule has 0 aromatic carbocycles. The van der Waals surface area contributed by atoms with Gasteiger partial charge in [-0.15, -0.1) is 0 Å². The molecule has 0 bridgehead atoms. The third-order valence-corrected chi connectivity index (χ3v) is 5.23. The summed E-state index contributed by atoms with van der Waals surface area (Å²) in [4.78, 5) is 26.5. The molecule has 1 aliphatic rings. The van der Waals surface area contributed by atoms with Crippen molar-refractivity contribution in [1.29, 1.82) is 0 Å². The first-order chi connectivity index (χ1) is 12.3. The molecule has 0 radical (unpaired) electrons. The fourth-order valence-corrected chi connectivity index (χ4v) is 3.60. The summed E-state index contributed by atoms with van der Waals surface area (Å²) in [6.07, 6.45) is 1.93. The molecule has 0 spiro atoms. The summed E-state index contributed by atoms with van der Waals surface area (Å²) in [6.45, 7) is 7.17. The number of hydroxylamine groups is 1. The Bertz CT molecular complexity index is 873. The Labute approximate surface area is 156 Å². The van der Waals surface area contributed by atoms with Gasteiger partial charge in [0.05, 0.1) is 12.2 Å². The van der Waals surface area contributed by atoms with Crippen LogP contribution >= 0.6 is 11.6 Å². The van der Waals surface area contributed by atoms with Gasteiger partial charge in [-0.3, -0.25) is 15.0 Å². The lowest BCUT2D eigenvalue weighted by Gasteiger charge is -2.20. The molecular formula is C17H21ClN6O2. The van der Waals surface area contributed by atoms with Crippen LogP contribution in [0.25, 0.3) is 0 Å². The minimum Gasteiger partial charge on any atom is -0.368 e. The average Bonchev–Trinajstić information content (AvgIpc) is 2.92. The van der Waals surface area contributed by atoms with E-state index in [2.05, 4.69) is 21.9 Å². The molecule has 0 aliphatic carbocycles. The molecule has 26 heavy (non-hydrogen) atoms. The molecule has 138 valence electrons. The molecule has 2 aromatic heterocycles. The van der Waals surface area contributed by atoms with Gasteiger partial charge in [0.1, 0.15) is 11.0 Å². The first-order valence-corrected chi connectivity index (χ1v) is 8.62. The van der Waals surface area contributed by atoms with Crippen LogP contribution in [-0.4, -0.2) is 32.6 Å². The second-order valence-corrected chi connectivity index (χ2v) is 6.92. The lowest BCUT2D eigenvalue weighted by atomic mass is 10.0. The van der Waals surface area contributed by atoms with E-state index >= 15 is 0 Å². The lowest BCUT2D eigenvalue weighted by Crippen LogP contribution is -2.26. The summed E-state index contributed by atoms with van der Waals surface area (Å²) in [5.74, 6) is -0.0401. The van der Waals surface area contributed by atoms with Gasteiger partial charge in [0.25, 0.3) is 0 Å². The maximum absolute atomic E-state index is 11.7. The van der Waals surface area contributed by atoms with Crippen molar-refractivity contribution in [2.75, 3.05) is 17.2 Å². The van der Waals surface area contributed by atoms with E-state index in [0.29, 0.717) is 24.5 Å². The maximum atomic E-state index is 11.7. The van der Waals surface area contributed by atoms with Crippen LogP contribution in [0.2, 0.25) is 5.15 Å². The number of aromatic nitrogens is 3. The van der Waals surface area contributed by atoms with E-state index in [0.717, 1.165) is 16.8 Å². The molecule has 1 atom stereocenters. The SMILES string of the molecule is Cc1cnc(CN2CC(CC(=O)NO)c3c(Cl)nc(N)nc32)c(C)c1C. The van der Waals surface area contributed by atoms with E-state index in [1.807, 2.05) is 24.9 Å². The van der Waals surface area contributed by atoms with E-state index in [1.165, 1.54) is 5.56 Å². The van der Waals surface area contributed by atoms with Crippen LogP contribution in [0.3, 0.4) is 0 Å². The predicted molar refractivity (Wildman–Crippen MR) is 98.2 cm³/mol. The van der Waals surface area contributed by atoms with Gasteiger partial charge >= 0.3 is 0 Å². The number of fused-ring (bicyclic) bond motifs is 1. The van der Waals surface area contributed by atoms with Crippen LogP contribution in [0.15, 0.2) is 6.20 Å². The van der Waals surface area contributed by atoms with Gasteiger partial charge in [0.15, 0.2) is 0 Å². The highest BCUT2D eigenvalue weighted by atomic mass is 35.5. The summed E-state index contributed by atoms with van der Waals surface area (Å²) >= 11 is 6.27. The van der Waals surface area contributed by atoms with E-state index < -0.39 is 5.91 Å². The van der Waals surface area contributed by atoms with Crippen molar-refractivity contribution in [2.45, 2.75) is 39.7 Å². The lowest BCUT2D eigenvalue weighted by molar-refractivity contribution is -0.129. The summed E-state index contributed by atoms with van der Waals surface area (Å²) in [5, 5.41) is 9.08. The van der Waals surface area contributed by atoms with Gasteiger partial charge in [-0.1, -0.05) is 11.6 Å². The number of nitrogen functional groups attached to an aromatic ring is 1. The van der Waals surface area contributed by atoms with Gasteiger partial charge in [0, 0.05) is 30.6 Å². The Morgan fingerprint density at radius 3 is 2.81 bits per heavy atom. The van der Waals surface area contributed by atoms with Crippen molar-refractivity contribution in [1.82, 2.24) is 20.4 Å². The standard InChI is InChI=1S/C17H21ClN6O2/c1-8-5-20-12(10(3)9(8)2)7-24-6-11(4-13(25)23-26)14-15(18)21-17(19)22-16(14)24/h5,11,26H,4,6-7H2,1-3H3,(H,23,25)(H2,19,21,22). The van der Waals surface area contributed by atoms with Crippen LogP contribution in [0.4, 0.5) is 11.8 Å². The van der Waals surface area contributed by atoms with Crippen molar-refractivity contribution >= 4 is 29.3 Å². The first kappa shape index (κ1) is 18.3. The molecule has 1 amide bonds. The molecule has 9 heteroatoms. The second kappa shape index (κ2) is 7.05. The number of anilines is 2. The van der Waals surface area contributed by atoms with Crippen molar-refractivity contribution in [3.63, 3.8) is 0 Å². The number of amides is 1. The fourth-order valence-electron chi connectivity index (χ4n) is 3.28. The number of carbonyl (C=O) groups is 1. The minimum absolute atomic E-state index is 0.0757. The Hall–Kier alpha value is -2.45. The van der Waals surface area contributed by atoms with Crippen molar-refractivity contribution in [2.24, 2.45) is 0 Å². The molecule has 1 unspecified atom stereocenters. The highest BCUT2D eigenvalue weighted by Crippen LogP contribution is 2.41. The predicted octanol–water partition coefficient (Wildman–Crippen LogP) is 2.03. The number of nitrogens with zero attached hydrogens (tertiary/aromatic N) is 4. The second-order valence-electron chi connectivity index (χ2n) is 6.56. The normalized spacial score (nSPS) is 15.9. The van der Waals surface area contributed by atoms with Crippen molar-refractivity contribution < 1.29 is 10.0 Å². The summed E-state index contributed by atoms with van der Waals surface area (Å²) in [6, 6.07) is 0. The third kappa shape index (κ3) is 3.30. The van der Waals surface area contributed by atoms with Crippen molar-refractivity contribution in [3.8, 4) is 0 Å². The number of carbonyl (C=O) groups excluding carboxylic acids is 1. The van der Waals surface area contributed by atoms with Crippen molar-refractivity contribution in [3.05, 3.63) is 39.3 Å². The van der Waals surface area contributed by atoms with E-state index in [1.54, 1.807) is 5.48 Å². The summed E-state index contributed by atoms with van der Waals surface area (Å²) in [7, 11) is 0. The monoisotopic (exact) mass is 376 g/mol. The van der Waals surface area contributed by atoms with Gasteiger partial charge in [-0.2, -0.15) is 4.98 Å². The number of nitrogens with two attached hydrogens (primary N) is 1. The van der Waals surface area contributed by atoms with Gasteiger partial charge < -0.3 is 10.6 Å². The largest absolute Gasteiger partial charge is 0.368 e. The zero-order chi connectivity index (χ0) is 19.0. The molecule has 2 aromatic rings. The topological polar surface area (TPSA) is 117 Å². The Morgan fingerprint density at radius 2 is 2.12 bits per heavy atom. The summed E-state index contributed by atoms with van der Waals surface area (Å²) in [5.41, 5.74) is 12.5. The van der Waals surface area contributed by atoms with E-state index in [9.17, 15) is 4.79 Å². The minimum atomic E-state index is -0.490. The quantitative estimate of drug-likeness (QED) is 0.424. The van der Waals surface area contributed by atoms with Crippen LogP contribution in [0, 0.1) is 20.8 Å². The maximum Gasteiger partial charge on any atom is 0.244 e. The number of nitrogens with one attached hydrogen (secondary N) is 1. The zero-order valence-electron chi connectivity index (χ0n) is 14.9. The molecule has 0 fully saturated rings. The molecule has 3 heterocycles. The smallest absolute Gasteiger partial charge is 0.244 e. The number of rotatable bonds is 4. The molecule has 1 aliphatic heterocycles. The fraction of sp³-hybridized carbons (Fsp3) is 0.412. The van der Waals surface area contributed by atoms with Gasteiger partial charge in [-0.25, -0.2) is 10.5 Å². The number of hydrogen-bond donors (Lipinski definition) is 3. The molecule has 0 saturated carbocycles. The molecule has 4 N–H and O–H groups in total. The third-order valence-electron chi connectivity index (χ3n) is 4.94. The van der Waals surface area contributed by atoms with Crippen LogP contribution in [0.5, 0.6) is 0 Å². The number of halogens is 1. The van der Waals surface area contributed by atoms with E-state index in [4.69, 9.17) is 22.5 Å². The first-order valence-electron chi connectivity index (χ1n) is 8.24. The Kier molecular flexibility index (Phi) is 4.97. The number of pyridine rings is 1. The molecule has 0 saturated heterocycles. The molecule has 3 rings (SSSR count). The van der Waals surface area contributed by atoms with Crippen LogP contribution in [-0.2, 0) is 11.3 Å². The van der Waals surface area contributed by atoms with Crippen LogP contribution in [0.1, 0.15) is 40.3 Å². The Morgan fingerprint density at radius 1 is 1.38 bits per heavy atom. The van der Waals surface area contributed by atoms with Gasteiger partial charge in [0.2, 0.25) is 11.9 Å².